The molecule has 42 heavy (non-hydrogen) atoms. The minimum atomic E-state index is -0.964. The van der Waals surface area contributed by atoms with E-state index in [2.05, 4.69) is 10.2 Å². The Labute approximate surface area is 244 Å². The van der Waals surface area contributed by atoms with Crippen molar-refractivity contribution < 1.29 is 23.4 Å². The maximum atomic E-state index is 14.5. The van der Waals surface area contributed by atoms with Gasteiger partial charge in [-0.15, -0.1) is 4.80 Å². The van der Waals surface area contributed by atoms with E-state index in [4.69, 9.17) is 14.2 Å². The molecule has 1 amide bonds. The highest BCUT2D eigenvalue weighted by atomic mass is 32.1. The summed E-state index contributed by atoms with van der Waals surface area (Å²) in [6.45, 7) is 4.16. The van der Waals surface area contributed by atoms with Gasteiger partial charge in [0, 0.05) is 38.2 Å². The van der Waals surface area contributed by atoms with Crippen molar-refractivity contribution in [2.45, 2.75) is 44.9 Å². The van der Waals surface area contributed by atoms with Gasteiger partial charge >= 0.3 is 5.69 Å². The van der Waals surface area contributed by atoms with Crippen LogP contribution in [0.25, 0.3) is 15.2 Å². The minimum absolute atomic E-state index is 0.0505. The normalized spacial score (nSPS) is 18.1. The molecule has 0 N–H and O–H groups in total. The standard InChI is InChI=1S/C28H33FN6O6S/c1-17-23-24(37)34(28(2)9-8-22(36)32(3)16-28)27(38)33(26(23)42-25(17)35-30-10-11-31-35)15-21(41-13-12-39-4)19-14-18(29)6-7-20(19)40-5/h6-7,10-11,14,21H,8-9,12-13,15-16H2,1-5H3/t21-,28+/m0/s1. The highest BCUT2D eigenvalue weighted by molar-refractivity contribution is 7.21. The van der Waals surface area contributed by atoms with E-state index in [1.165, 1.54) is 75.0 Å². The number of benzene rings is 1. The molecule has 0 radical (unpaired) electrons. The second kappa shape index (κ2) is 11.8. The summed E-state index contributed by atoms with van der Waals surface area (Å²) < 4.78 is 34.1. The topological polar surface area (TPSA) is 123 Å². The van der Waals surface area contributed by atoms with Crippen molar-refractivity contribution in [3.8, 4) is 10.8 Å². The number of nitrogens with zero attached hydrogens (tertiary/aromatic N) is 6. The Balaban J connectivity index is 1.76. The summed E-state index contributed by atoms with van der Waals surface area (Å²) in [7, 11) is 4.67. The Bertz CT molecular complexity index is 1730. The number of piperidine rings is 1. The second-order valence-electron chi connectivity index (χ2n) is 10.5. The predicted molar refractivity (Wildman–Crippen MR) is 154 cm³/mol. The van der Waals surface area contributed by atoms with Crippen molar-refractivity contribution >= 4 is 27.5 Å². The Morgan fingerprint density at radius 2 is 1.88 bits per heavy atom. The third-order valence-electron chi connectivity index (χ3n) is 7.70. The number of amides is 1. The van der Waals surface area contributed by atoms with E-state index in [-0.39, 0.29) is 38.6 Å². The van der Waals surface area contributed by atoms with E-state index in [9.17, 15) is 18.8 Å². The van der Waals surface area contributed by atoms with Gasteiger partial charge in [-0.3, -0.25) is 18.7 Å². The van der Waals surface area contributed by atoms with E-state index >= 15 is 0 Å². The summed E-state index contributed by atoms with van der Waals surface area (Å²) in [6.07, 6.45) is 2.74. The fourth-order valence-corrected chi connectivity index (χ4v) is 6.77. The lowest BCUT2D eigenvalue weighted by molar-refractivity contribution is -0.135. The summed E-state index contributed by atoms with van der Waals surface area (Å²) in [5, 5.41) is 9.40. The molecule has 1 aliphatic rings. The van der Waals surface area contributed by atoms with Crippen LogP contribution in [0.1, 0.15) is 37.0 Å². The third kappa shape index (κ3) is 5.25. The van der Waals surface area contributed by atoms with Crippen molar-refractivity contribution in [1.29, 1.82) is 0 Å². The quantitative estimate of drug-likeness (QED) is 0.255. The zero-order valence-corrected chi connectivity index (χ0v) is 24.9. The number of likely N-dealkylation sites (tertiary alicyclic amines) is 1. The van der Waals surface area contributed by atoms with Crippen LogP contribution in [0.5, 0.6) is 5.75 Å². The first-order valence-electron chi connectivity index (χ1n) is 13.4. The molecule has 5 rings (SSSR count). The molecular formula is C28H33FN6O6S. The average Bonchev–Trinajstić information content (AvgIpc) is 3.60. The summed E-state index contributed by atoms with van der Waals surface area (Å²) in [5.74, 6) is -0.153. The number of carbonyl (C=O) groups excluding carboxylic acids is 1. The molecule has 0 saturated carbocycles. The molecule has 0 aliphatic carbocycles. The van der Waals surface area contributed by atoms with E-state index in [0.717, 1.165) is 0 Å². The molecule has 2 atom stereocenters. The third-order valence-corrected chi connectivity index (χ3v) is 8.98. The zero-order chi connectivity index (χ0) is 30.2. The summed E-state index contributed by atoms with van der Waals surface area (Å²) >= 11 is 1.21. The van der Waals surface area contributed by atoms with E-state index in [0.29, 0.717) is 38.5 Å². The fraction of sp³-hybridized carbons (Fsp3) is 0.464. The number of likely N-dealkylation sites (N-methyl/N-ethyl adjacent to an activating group) is 1. The van der Waals surface area contributed by atoms with Gasteiger partial charge < -0.3 is 19.1 Å². The SMILES string of the molecule is COCCO[C@@H](Cn1c(=O)n([C@]2(C)CCC(=O)N(C)C2)c(=O)c2c(C)c(-n3nccn3)sc21)c1cc(F)ccc1OC. The first-order chi connectivity index (χ1) is 20.1. The van der Waals surface area contributed by atoms with Gasteiger partial charge in [-0.25, -0.2) is 9.18 Å². The van der Waals surface area contributed by atoms with Crippen LogP contribution in [-0.2, 0) is 26.4 Å². The molecule has 1 aromatic carbocycles. The van der Waals surface area contributed by atoms with Crippen molar-refractivity contribution in [2.24, 2.45) is 0 Å². The van der Waals surface area contributed by atoms with Crippen LogP contribution in [0.15, 0.2) is 40.2 Å². The van der Waals surface area contributed by atoms with Gasteiger partial charge in [-0.05, 0) is 38.5 Å². The monoisotopic (exact) mass is 600 g/mol. The average molecular weight is 601 g/mol. The number of methoxy groups -OCH3 is 2. The number of fused-ring (bicyclic) bond motifs is 1. The molecule has 1 saturated heterocycles. The van der Waals surface area contributed by atoms with Crippen LogP contribution >= 0.6 is 11.3 Å². The maximum Gasteiger partial charge on any atom is 0.332 e. The van der Waals surface area contributed by atoms with Crippen LogP contribution in [0, 0.1) is 12.7 Å². The Morgan fingerprint density at radius 3 is 2.55 bits per heavy atom. The van der Waals surface area contributed by atoms with E-state index < -0.39 is 28.7 Å². The largest absolute Gasteiger partial charge is 0.496 e. The smallest absolute Gasteiger partial charge is 0.332 e. The van der Waals surface area contributed by atoms with Crippen LogP contribution in [0.2, 0.25) is 0 Å². The van der Waals surface area contributed by atoms with Gasteiger partial charge in [0.1, 0.15) is 27.5 Å². The number of halogens is 1. The van der Waals surface area contributed by atoms with Gasteiger partial charge in [0.25, 0.3) is 5.56 Å². The van der Waals surface area contributed by atoms with Crippen LogP contribution < -0.4 is 16.0 Å². The Hall–Kier alpha value is -3.88. The molecule has 0 bridgehead atoms. The van der Waals surface area contributed by atoms with E-state index in [1.807, 2.05) is 6.92 Å². The predicted octanol–water partition coefficient (Wildman–Crippen LogP) is 2.63. The number of aromatic nitrogens is 5. The van der Waals surface area contributed by atoms with Crippen LogP contribution in [0.3, 0.4) is 0 Å². The number of hydrogen-bond acceptors (Lipinski definition) is 9. The lowest BCUT2D eigenvalue weighted by Gasteiger charge is -2.39. The van der Waals surface area contributed by atoms with Gasteiger partial charge in [-0.2, -0.15) is 10.2 Å². The van der Waals surface area contributed by atoms with E-state index in [1.54, 1.807) is 14.0 Å². The van der Waals surface area contributed by atoms with Gasteiger partial charge in [0.2, 0.25) is 5.91 Å². The number of aryl methyl sites for hydroxylation is 1. The maximum absolute atomic E-state index is 14.5. The molecule has 0 spiro atoms. The summed E-state index contributed by atoms with van der Waals surface area (Å²) in [4.78, 5) is 44.3. The van der Waals surface area contributed by atoms with Crippen molar-refractivity contribution in [3.05, 3.63) is 68.4 Å². The van der Waals surface area contributed by atoms with Gasteiger partial charge in [0.05, 0.1) is 50.2 Å². The lowest BCUT2D eigenvalue weighted by atomic mass is 9.90. The number of ether oxygens (including phenoxy) is 3. The Kier molecular flexibility index (Phi) is 8.30. The van der Waals surface area contributed by atoms with Gasteiger partial charge in [-0.1, -0.05) is 11.3 Å². The molecular weight excluding hydrogens is 567 g/mol. The number of carbonyl (C=O) groups is 1. The second-order valence-corrected chi connectivity index (χ2v) is 11.5. The fourth-order valence-electron chi connectivity index (χ4n) is 5.55. The number of rotatable bonds is 10. The molecule has 3 aromatic heterocycles. The summed E-state index contributed by atoms with van der Waals surface area (Å²) in [5.41, 5.74) is -0.960. The van der Waals surface area contributed by atoms with Crippen molar-refractivity contribution in [3.63, 3.8) is 0 Å². The van der Waals surface area contributed by atoms with Crippen molar-refractivity contribution in [2.75, 3.05) is 41.0 Å². The number of hydrogen-bond donors (Lipinski definition) is 0. The molecule has 0 unspecified atom stereocenters. The van der Waals surface area contributed by atoms with Crippen LogP contribution in [-0.4, -0.2) is 76.0 Å². The molecule has 4 heterocycles. The highest BCUT2D eigenvalue weighted by Crippen LogP contribution is 2.35. The molecule has 14 heteroatoms. The zero-order valence-electron chi connectivity index (χ0n) is 24.1. The summed E-state index contributed by atoms with van der Waals surface area (Å²) in [6, 6.07) is 4.10. The lowest BCUT2D eigenvalue weighted by Crippen LogP contribution is -2.57. The molecule has 1 fully saturated rings. The highest BCUT2D eigenvalue weighted by Gasteiger charge is 2.39. The number of thiophene rings is 1. The van der Waals surface area contributed by atoms with Crippen LogP contribution in [0.4, 0.5) is 4.39 Å². The molecule has 224 valence electrons. The molecule has 12 nitrogen and oxygen atoms in total. The minimum Gasteiger partial charge on any atom is -0.496 e. The first kappa shape index (κ1) is 29.6. The van der Waals surface area contributed by atoms with Crippen molar-refractivity contribution in [1.82, 2.24) is 29.0 Å². The van der Waals surface area contributed by atoms with Gasteiger partial charge in [0.15, 0.2) is 0 Å². The Morgan fingerprint density at radius 1 is 1.14 bits per heavy atom. The molecule has 4 aromatic rings. The molecule has 1 aliphatic heterocycles. The first-order valence-corrected chi connectivity index (χ1v) is 14.3.